The molecule has 8 nitrogen and oxygen atoms in total. The Morgan fingerprint density at radius 2 is 2.07 bits per heavy atom. The van der Waals surface area contributed by atoms with E-state index in [2.05, 4.69) is 15.7 Å². The molecule has 0 spiro atoms. The van der Waals surface area contributed by atoms with Gasteiger partial charge in [-0.25, -0.2) is 9.97 Å². The van der Waals surface area contributed by atoms with Crippen LogP contribution < -0.4 is 10.6 Å². The molecule has 0 unspecified atom stereocenters. The largest absolute Gasteiger partial charge is 0.350 e. The number of fused-ring (bicyclic) bond motifs is 3. The molecule has 0 bridgehead atoms. The van der Waals surface area contributed by atoms with E-state index in [9.17, 15) is 0 Å². The van der Waals surface area contributed by atoms with Gasteiger partial charge in [0, 0.05) is 30.7 Å². The summed E-state index contributed by atoms with van der Waals surface area (Å²) in [5.74, 6) is 1.41. The Kier molecular flexibility index (Phi) is 4.20. The molecule has 1 saturated heterocycles. The van der Waals surface area contributed by atoms with Gasteiger partial charge in [0.25, 0.3) is 0 Å². The van der Waals surface area contributed by atoms with E-state index in [1.165, 1.54) is 12.8 Å². The fourth-order valence-corrected chi connectivity index (χ4v) is 3.81. The SMILES string of the molecule is Cc1c(-c2nc3c4ccccc4nc(N[C@@H]4CCCCNC4)n3n2)cnn1C. The van der Waals surface area contributed by atoms with Crippen LogP contribution in [-0.2, 0) is 7.05 Å². The number of anilines is 1. The molecule has 0 aliphatic carbocycles. The molecule has 0 saturated carbocycles. The molecule has 8 heteroatoms. The van der Waals surface area contributed by atoms with Crippen molar-refractivity contribution in [2.75, 3.05) is 18.4 Å². The van der Waals surface area contributed by atoms with Crippen molar-refractivity contribution in [2.45, 2.75) is 32.2 Å². The van der Waals surface area contributed by atoms with Gasteiger partial charge in [-0.3, -0.25) is 4.68 Å². The second kappa shape index (κ2) is 6.87. The van der Waals surface area contributed by atoms with Gasteiger partial charge in [-0.1, -0.05) is 18.6 Å². The van der Waals surface area contributed by atoms with Crippen molar-refractivity contribution in [3.05, 3.63) is 36.2 Å². The predicted molar refractivity (Wildman–Crippen MR) is 109 cm³/mol. The number of nitrogens with one attached hydrogen (secondary N) is 2. The van der Waals surface area contributed by atoms with Crippen molar-refractivity contribution in [3.8, 4) is 11.4 Å². The van der Waals surface area contributed by atoms with Crippen LogP contribution in [0.15, 0.2) is 30.5 Å². The summed E-state index contributed by atoms with van der Waals surface area (Å²) in [4.78, 5) is 9.72. The normalized spacial score (nSPS) is 17.9. The van der Waals surface area contributed by atoms with E-state index >= 15 is 0 Å². The first kappa shape index (κ1) is 17.1. The van der Waals surface area contributed by atoms with Gasteiger partial charge in [0.2, 0.25) is 5.95 Å². The maximum Gasteiger partial charge on any atom is 0.226 e. The summed E-state index contributed by atoms with van der Waals surface area (Å²) in [5.41, 5.74) is 3.71. The van der Waals surface area contributed by atoms with Crippen LogP contribution in [0.5, 0.6) is 0 Å². The van der Waals surface area contributed by atoms with Crippen LogP contribution in [0.1, 0.15) is 25.0 Å². The van der Waals surface area contributed by atoms with Crippen molar-refractivity contribution in [1.82, 2.24) is 34.7 Å². The predicted octanol–water partition coefficient (Wildman–Crippen LogP) is 2.54. The third kappa shape index (κ3) is 2.90. The van der Waals surface area contributed by atoms with Gasteiger partial charge in [0.05, 0.1) is 17.3 Å². The summed E-state index contributed by atoms with van der Waals surface area (Å²) >= 11 is 0. The lowest BCUT2D eigenvalue weighted by Gasteiger charge is -2.17. The second-order valence-electron chi connectivity index (χ2n) is 7.43. The first-order chi connectivity index (χ1) is 13.7. The summed E-state index contributed by atoms with van der Waals surface area (Å²) in [5, 5.41) is 17.2. The van der Waals surface area contributed by atoms with Crippen LogP contribution >= 0.6 is 0 Å². The van der Waals surface area contributed by atoms with E-state index in [1.54, 1.807) is 0 Å². The van der Waals surface area contributed by atoms with E-state index < -0.39 is 0 Å². The van der Waals surface area contributed by atoms with Gasteiger partial charge < -0.3 is 10.6 Å². The Hall–Kier alpha value is -3.00. The zero-order valence-corrected chi connectivity index (χ0v) is 16.2. The van der Waals surface area contributed by atoms with Crippen LogP contribution in [0.25, 0.3) is 27.9 Å². The Balaban J connectivity index is 1.66. The molecule has 2 N–H and O–H groups in total. The van der Waals surface area contributed by atoms with Crippen molar-refractivity contribution in [3.63, 3.8) is 0 Å². The molecule has 1 atom stereocenters. The number of para-hydroxylation sites is 1. The van der Waals surface area contributed by atoms with Crippen molar-refractivity contribution in [2.24, 2.45) is 7.05 Å². The molecular weight excluding hydrogens is 352 g/mol. The topological polar surface area (TPSA) is 85.0 Å². The van der Waals surface area contributed by atoms with E-state index in [0.29, 0.717) is 11.9 Å². The van der Waals surface area contributed by atoms with Gasteiger partial charge in [-0.2, -0.15) is 9.61 Å². The van der Waals surface area contributed by atoms with Gasteiger partial charge in [-0.05, 0) is 38.4 Å². The van der Waals surface area contributed by atoms with E-state index in [0.717, 1.165) is 53.3 Å². The smallest absolute Gasteiger partial charge is 0.226 e. The first-order valence-corrected chi connectivity index (χ1v) is 9.82. The van der Waals surface area contributed by atoms with Crippen LogP contribution in [0.3, 0.4) is 0 Å². The molecule has 5 rings (SSSR count). The van der Waals surface area contributed by atoms with Crippen molar-refractivity contribution < 1.29 is 0 Å². The Morgan fingerprint density at radius 1 is 1.18 bits per heavy atom. The number of rotatable bonds is 3. The lowest BCUT2D eigenvalue weighted by atomic mass is 10.1. The molecule has 4 heterocycles. The lowest BCUT2D eigenvalue weighted by molar-refractivity contribution is 0.628. The number of aromatic nitrogens is 6. The highest BCUT2D eigenvalue weighted by atomic mass is 15.4. The van der Waals surface area contributed by atoms with Gasteiger partial charge in [-0.15, -0.1) is 5.10 Å². The quantitative estimate of drug-likeness (QED) is 0.572. The average molecular weight is 376 g/mol. The molecule has 144 valence electrons. The highest BCUT2D eigenvalue weighted by Gasteiger charge is 2.19. The number of benzene rings is 1. The highest BCUT2D eigenvalue weighted by molar-refractivity contribution is 5.92. The molecule has 1 aliphatic rings. The Bertz CT molecular complexity index is 1130. The van der Waals surface area contributed by atoms with Gasteiger partial charge in [0.1, 0.15) is 0 Å². The maximum atomic E-state index is 4.86. The van der Waals surface area contributed by atoms with E-state index in [1.807, 2.05) is 53.6 Å². The molecule has 4 aromatic rings. The standard InChI is InChI=1S/C20H24N8/c1-13-16(12-22-27(13)2)18-25-19-15-8-3-4-9-17(15)24-20(28(19)26-18)23-14-7-5-6-10-21-11-14/h3-4,8-9,12,14,21H,5-7,10-11H2,1-2H3,(H,23,24)/t14-/m1/s1. The summed E-state index contributed by atoms with van der Waals surface area (Å²) in [7, 11) is 1.93. The number of hydrogen-bond acceptors (Lipinski definition) is 6. The number of nitrogens with zero attached hydrogens (tertiary/aromatic N) is 6. The molecular formula is C20H24N8. The Morgan fingerprint density at radius 3 is 2.93 bits per heavy atom. The summed E-state index contributed by atoms with van der Waals surface area (Å²) in [6, 6.07) is 8.41. The minimum absolute atomic E-state index is 0.326. The molecule has 1 aromatic carbocycles. The van der Waals surface area contributed by atoms with Crippen LogP contribution in [0.2, 0.25) is 0 Å². The molecule has 1 aliphatic heterocycles. The molecule has 1 fully saturated rings. The lowest BCUT2D eigenvalue weighted by Crippen LogP contribution is -2.32. The zero-order chi connectivity index (χ0) is 19.1. The summed E-state index contributed by atoms with van der Waals surface area (Å²) in [6.45, 7) is 4.03. The minimum Gasteiger partial charge on any atom is -0.350 e. The zero-order valence-electron chi connectivity index (χ0n) is 16.2. The van der Waals surface area contributed by atoms with Gasteiger partial charge >= 0.3 is 0 Å². The number of hydrogen-bond donors (Lipinski definition) is 2. The highest BCUT2D eigenvalue weighted by Crippen LogP contribution is 2.26. The van der Waals surface area contributed by atoms with E-state index in [-0.39, 0.29) is 0 Å². The third-order valence-corrected chi connectivity index (χ3v) is 5.54. The molecule has 28 heavy (non-hydrogen) atoms. The van der Waals surface area contributed by atoms with Crippen molar-refractivity contribution >= 4 is 22.5 Å². The summed E-state index contributed by atoms with van der Waals surface area (Å²) < 4.78 is 3.68. The monoisotopic (exact) mass is 376 g/mol. The maximum absolute atomic E-state index is 4.86. The van der Waals surface area contributed by atoms with Gasteiger partial charge in [0.15, 0.2) is 11.5 Å². The molecule has 3 aromatic heterocycles. The average Bonchev–Trinajstić information content (AvgIpc) is 3.18. The molecule has 0 amide bonds. The third-order valence-electron chi connectivity index (χ3n) is 5.54. The van der Waals surface area contributed by atoms with Crippen LogP contribution in [-0.4, -0.2) is 48.5 Å². The molecule has 0 radical (unpaired) electrons. The first-order valence-electron chi connectivity index (χ1n) is 9.82. The van der Waals surface area contributed by atoms with Crippen molar-refractivity contribution in [1.29, 1.82) is 0 Å². The fraction of sp³-hybridized carbons (Fsp3) is 0.400. The van der Waals surface area contributed by atoms with Crippen LogP contribution in [0, 0.1) is 6.92 Å². The van der Waals surface area contributed by atoms with Crippen LogP contribution in [0.4, 0.5) is 5.95 Å². The Labute approximate surface area is 163 Å². The summed E-state index contributed by atoms with van der Waals surface area (Å²) in [6.07, 6.45) is 5.36. The minimum atomic E-state index is 0.326. The second-order valence-corrected chi connectivity index (χ2v) is 7.43. The fourth-order valence-electron chi connectivity index (χ4n) is 3.81. The number of aryl methyl sites for hydroxylation is 1. The van der Waals surface area contributed by atoms with E-state index in [4.69, 9.17) is 15.1 Å².